The minimum atomic E-state index is 0.458. The largest absolute Gasteiger partial charge is 0.618 e. The summed E-state index contributed by atoms with van der Waals surface area (Å²) in [6.45, 7) is 1.04. The summed E-state index contributed by atoms with van der Waals surface area (Å²) in [6, 6.07) is 3.65. The zero-order valence-electron chi connectivity index (χ0n) is 5.41. The van der Waals surface area contributed by atoms with Crippen LogP contribution >= 0.6 is 0 Å². The summed E-state index contributed by atoms with van der Waals surface area (Å²) in [5.41, 5.74) is 1.76. The van der Waals surface area contributed by atoms with Gasteiger partial charge in [-0.2, -0.15) is 4.73 Å². The van der Waals surface area contributed by atoms with E-state index in [1.807, 2.05) is 6.07 Å². The van der Waals surface area contributed by atoms with Crippen LogP contribution in [0.5, 0.6) is 0 Å². The molecular weight excluding hydrogens is 130 g/mol. The Morgan fingerprint density at radius 1 is 1.50 bits per heavy atom. The molecule has 1 aromatic rings. The Morgan fingerprint density at radius 3 is 3.20 bits per heavy atom. The van der Waals surface area contributed by atoms with E-state index in [1.165, 1.54) is 6.20 Å². The van der Waals surface area contributed by atoms with Crippen molar-refractivity contribution >= 4 is 0 Å². The molecule has 0 bridgehead atoms. The second-order valence-corrected chi connectivity index (χ2v) is 2.30. The van der Waals surface area contributed by atoms with E-state index in [4.69, 9.17) is 4.74 Å². The highest BCUT2D eigenvalue weighted by Gasteiger charge is 2.18. The summed E-state index contributed by atoms with van der Waals surface area (Å²) in [5, 5.41) is 10.9. The number of ether oxygens (including phenoxy) is 1. The van der Waals surface area contributed by atoms with Crippen LogP contribution in [-0.4, -0.2) is 0 Å². The number of nitrogens with zero attached hydrogens (tertiary/aromatic N) is 1. The maximum atomic E-state index is 10.9. The van der Waals surface area contributed by atoms with Gasteiger partial charge in [-0.1, -0.05) is 0 Å². The SMILES string of the molecule is [O-][n+]1cccc2c1COC2. The molecule has 0 saturated heterocycles. The normalized spacial score (nSPS) is 15.2. The molecule has 2 heterocycles. The van der Waals surface area contributed by atoms with E-state index in [0.717, 1.165) is 16.0 Å². The van der Waals surface area contributed by atoms with Gasteiger partial charge in [0.2, 0.25) is 5.69 Å². The van der Waals surface area contributed by atoms with E-state index < -0.39 is 0 Å². The molecule has 3 nitrogen and oxygen atoms in total. The van der Waals surface area contributed by atoms with Crippen LogP contribution in [0, 0.1) is 5.21 Å². The molecule has 0 N–H and O–H groups in total. The van der Waals surface area contributed by atoms with Gasteiger partial charge in [-0.25, -0.2) is 0 Å². The Kier molecular flexibility index (Phi) is 1.11. The lowest BCUT2D eigenvalue weighted by Crippen LogP contribution is -2.30. The van der Waals surface area contributed by atoms with E-state index in [0.29, 0.717) is 13.2 Å². The number of aromatic nitrogens is 1. The maximum absolute atomic E-state index is 10.9. The first-order valence-corrected chi connectivity index (χ1v) is 3.15. The van der Waals surface area contributed by atoms with Gasteiger partial charge in [0.15, 0.2) is 6.20 Å². The fourth-order valence-corrected chi connectivity index (χ4v) is 1.11. The van der Waals surface area contributed by atoms with Crippen LogP contribution in [0.1, 0.15) is 11.3 Å². The predicted molar refractivity (Wildman–Crippen MR) is 33.9 cm³/mol. The summed E-state index contributed by atoms with van der Waals surface area (Å²) in [5.74, 6) is 0. The summed E-state index contributed by atoms with van der Waals surface area (Å²) in [7, 11) is 0. The summed E-state index contributed by atoms with van der Waals surface area (Å²) in [4.78, 5) is 0. The molecule has 1 aliphatic heterocycles. The Bertz CT molecular complexity index is 260. The molecule has 0 radical (unpaired) electrons. The standard InChI is InChI=1S/C7H7NO2/c9-8-3-1-2-6-4-10-5-7(6)8/h1-3H,4-5H2. The van der Waals surface area contributed by atoms with Crippen LogP contribution in [0.15, 0.2) is 18.3 Å². The molecule has 0 saturated carbocycles. The van der Waals surface area contributed by atoms with Crippen LogP contribution in [0.3, 0.4) is 0 Å². The van der Waals surface area contributed by atoms with Crippen LogP contribution in [0.25, 0.3) is 0 Å². The van der Waals surface area contributed by atoms with Crippen molar-refractivity contribution in [1.29, 1.82) is 0 Å². The Balaban J connectivity index is 2.59. The van der Waals surface area contributed by atoms with Crippen molar-refractivity contribution in [3.8, 4) is 0 Å². The predicted octanol–water partition coefficient (Wildman–Crippen LogP) is 0.350. The summed E-state index contributed by atoms with van der Waals surface area (Å²) < 4.78 is 5.94. The molecule has 0 unspecified atom stereocenters. The van der Waals surface area contributed by atoms with Crippen LogP contribution in [0.2, 0.25) is 0 Å². The summed E-state index contributed by atoms with van der Waals surface area (Å²) >= 11 is 0. The van der Waals surface area contributed by atoms with Gasteiger partial charge in [-0.15, -0.1) is 0 Å². The van der Waals surface area contributed by atoms with Crippen molar-refractivity contribution in [3.05, 3.63) is 34.8 Å². The molecule has 0 amide bonds. The summed E-state index contributed by atoms with van der Waals surface area (Å²) in [6.07, 6.45) is 1.49. The third-order valence-electron chi connectivity index (χ3n) is 1.65. The fourth-order valence-electron chi connectivity index (χ4n) is 1.11. The second-order valence-electron chi connectivity index (χ2n) is 2.30. The zero-order valence-corrected chi connectivity index (χ0v) is 5.41. The molecule has 2 rings (SSSR count). The number of hydrogen-bond acceptors (Lipinski definition) is 2. The highest BCUT2D eigenvalue weighted by molar-refractivity contribution is 5.16. The third-order valence-corrected chi connectivity index (χ3v) is 1.65. The fraction of sp³-hybridized carbons (Fsp3) is 0.286. The highest BCUT2D eigenvalue weighted by Crippen LogP contribution is 2.13. The average Bonchev–Trinajstić information content (AvgIpc) is 2.36. The van der Waals surface area contributed by atoms with Crippen LogP contribution < -0.4 is 4.73 Å². The van der Waals surface area contributed by atoms with Crippen LogP contribution in [-0.2, 0) is 18.0 Å². The third kappa shape index (κ3) is 0.675. The molecule has 0 atom stereocenters. The Labute approximate surface area is 58.4 Å². The van der Waals surface area contributed by atoms with E-state index in [-0.39, 0.29) is 0 Å². The molecule has 1 aromatic heterocycles. The second kappa shape index (κ2) is 1.95. The monoisotopic (exact) mass is 137 g/mol. The van der Waals surface area contributed by atoms with Gasteiger partial charge in [0.25, 0.3) is 0 Å². The van der Waals surface area contributed by atoms with Gasteiger partial charge in [0.1, 0.15) is 6.61 Å². The number of fused-ring (bicyclic) bond motifs is 1. The Hall–Kier alpha value is -1.09. The lowest BCUT2D eigenvalue weighted by Gasteiger charge is -1.98. The van der Waals surface area contributed by atoms with Gasteiger partial charge in [-0.05, 0) is 6.07 Å². The molecule has 0 aliphatic carbocycles. The van der Waals surface area contributed by atoms with Gasteiger partial charge in [0, 0.05) is 11.6 Å². The van der Waals surface area contributed by atoms with Crippen molar-refractivity contribution in [2.75, 3.05) is 0 Å². The molecule has 52 valence electrons. The number of rotatable bonds is 0. The van der Waals surface area contributed by atoms with E-state index >= 15 is 0 Å². The van der Waals surface area contributed by atoms with E-state index in [1.54, 1.807) is 6.07 Å². The maximum Gasteiger partial charge on any atom is 0.224 e. The first-order chi connectivity index (χ1) is 4.88. The molecular formula is C7H7NO2. The molecule has 0 spiro atoms. The van der Waals surface area contributed by atoms with E-state index in [2.05, 4.69) is 0 Å². The Morgan fingerprint density at radius 2 is 2.40 bits per heavy atom. The van der Waals surface area contributed by atoms with Gasteiger partial charge < -0.3 is 9.94 Å². The van der Waals surface area contributed by atoms with Crippen molar-refractivity contribution < 1.29 is 9.47 Å². The smallest absolute Gasteiger partial charge is 0.224 e. The lowest BCUT2D eigenvalue weighted by molar-refractivity contribution is -0.615. The molecule has 0 aromatic carbocycles. The quantitative estimate of drug-likeness (QED) is 0.382. The number of pyridine rings is 1. The number of hydrogen-bond donors (Lipinski definition) is 0. The highest BCUT2D eigenvalue weighted by atomic mass is 16.5. The van der Waals surface area contributed by atoms with Gasteiger partial charge in [0.05, 0.1) is 6.61 Å². The molecule has 1 aliphatic rings. The molecule has 10 heavy (non-hydrogen) atoms. The van der Waals surface area contributed by atoms with E-state index in [9.17, 15) is 5.21 Å². The zero-order chi connectivity index (χ0) is 6.97. The lowest BCUT2D eigenvalue weighted by atomic mass is 10.2. The first kappa shape index (κ1) is 5.68. The van der Waals surface area contributed by atoms with Crippen molar-refractivity contribution in [2.45, 2.75) is 13.2 Å². The van der Waals surface area contributed by atoms with Crippen molar-refractivity contribution in [1.82, 2.24) is 0 Å². The van der Waals surface area contributed by atoms with Crippen LogP contribution in [0.4, 0.5) is 0 Å². The molecule has 0 fully saturated rings. The first-order valence-electron chi connectivity index (χ1n) is 3.15. The van der Waals surface area contributed by atoms with Gasteiger partial charge >= 0.3 is 0 Å². The molecule has 3 heteroatoms. The average molecular weight is 137 g/mol. The topological polar surface area (TPSA) is 36.2 Å². The van der Waals surface area contributed by atoms with Crippen molar-refractivity contribution in [2.24, 2.45) is 0 Å². The minimum Gasteiger partial charge on any atom is -0.618 e. The van der Waals surface area contributed by atoms with Gasteiger partial charge in [-0.3, -0.25) is 0 Å². The van der Waals surface area contributed by atoms with Crippen molar-refractivity contribution in [3.63, 3.8) is 0 Å². The minimum absolute atomic E-state index is 0.458.